The highest BCUT2D eigenvalue weighted by Crippen LogP contribution is 2.24. The molecule has 0 aliphatic rings. The summed E-state index contributed by atoms with van der Waals surface area (Å²) in [5.74, 6) is 0.851. The first-order valence-corrected chi connectivity index (χ1v) is 9.15. The molecule has 0 radical (unpaired) electrons. The van der Waals surface area contributed by atoms with E-state index in [1.807, 2.05) is 69.3 Å². The Morgan fingerprint density at radius 3 is 2.29 bits per heavy atom. The Bertz CT molecular complexity index is 656. The van der Waals surface area contributed by atoms with Gasteiger partial charge >= 0.3 is 0 Å². The van der Waals surface area contributed by atoms with Crippen LogP contribution in [0.15, 0.2) is 53.4 Å². The van der Waals surface area contributed by atoms with Crippen molar-refractivity contribution in [2.24, 2.45) is 0 Å². The van der Waals surface area contributed by atoms with Crippen molar-refractivity contribution in [1.82, 2.24) is 5.32 Å². The van der Waals surface area contributed by atoms with E-state index in [0.717, 1.165) is 16.2 Å². The zero-order chi connectivity index (χ0) is 17.5. The molecule has 1 amide bonds. The topological polar surface area (TPSA) is 38.3 Å². The van der Waals surface area contributed by atoms with Crippen molar-refractivity contribution in [3.63, 3.8) is 0 Å². The number of rotatable bonds is 7. The third-order valence-electron chi connectivity index (χ3n) is 3.26. The third kappa shape index (κ3) is 6.10. The zero-order valence-electron chi connectivity index (χ0n) is 14.1. The predicted octanol–water partition coefficient (Wildman–Crippen LogP) is 4.92. The minimum Gasteiger partial charge on any atom is -0.491 e. The highest BCUT2D eigenvalue weighted by Gasteiger charge is 2.14. The zero-order valence-corrected chi connectivity index (χ0v) is 15.7. The van der Waals surface area contributed by atoms with Crippen molar-refractivity contribution in [3.8, 4) is 5.75 Å². The van der Waals surface area contributed by atoms with Crippen LogP contribution in [0.25, 0.3) is 0 Å². The van der Waals surface area contributed by atoms with E-state index in [1.165, 1.54) is 11.8 Å². The fraction of sp³-hybridized carbons (Fsp3) is 0.316. The van der Waals surface area contributed by atoms with Crippen molar-refractivity contribution in [2.45, 2.75) is 43.6 Å². The standard InChI is InChI=1S/C19H22ClNO2S/c1-13(2)23-17-8-4-15(5-9-17)12-21-19(22)14(3)24-18-10-6-16(20)7-11-18/h4-11,13-14H,12H2,1-3H3,(H,21,22)/t14-/m0/s1. The van der Waals surface area contributed by atoms with Crippen molar-refractivity contribution in [1.29, 1.82) is 0 Å². The lowest BCUT2D eigenvalue weighted by molar-refractivity contribution is -0.120. The molecule has 0 fully saturated rings. The van der Waals surface area contributed by atoms with Gasteiger partial charge in [-0.3, -0.25) is 4.79 Å². The quantitative estimate of drug-likeness (QED) is 0.709. The summed E-state index contributed by atoms with van der Waals surface area (Å²) in [6.45, 7) is 6.39. The van der Waals surface area contributed by atoms with Gasteiger partial charge in [-0.05, 0) is 62.7 Å². The molecule has 24 heavy (non-hydrogen) atoms. The normalized spacial score (nSPS) is 12.0. The summed E-state index contributed by atoms with van der Waals surface area (Å²) in [4.78, 5) is 13.2. The summed E-state index contributed by atoms with van der Waals surface area (Å²) in [5.41, 5.74) is 1.04. The number of nitrogens with one attached hydrogen (secondary N) is 1. The molecule has 0 spiro atoms. The Morgan fingerprint density at radius 2 is 1.71 bits per heavy atom. The van der Waals surface area contributed by atoms with Crippen LogP contribution in [0.5, 0.6) is 5.75 Å². The molecule has 2 rings (SSSR count). The first-order chi connectivity index (χ1) is 11.4. The molecule has 0 heterocycles. The van der Waals surface area contributed by atoms with E-state index in [2.05, 4.69) is 5.32 Å². The summed E-state index contributed by atoms with van der Waals surface area (Å²) >= 11 is 7.38. The van der Waals surface area contributed by atoms with Gasteiger partial charge in [0, 0.05) is 16.5 Å². The van der Waals surface area contributed by atoms with Gasteiger partial charge in [-0.25, -0.2) is 0 Å². The fourth-order valence-electron chi connectivity index (χ4n) is 2.06. The number of halogens is 1. The Labute approximate surface area is 152 Å². The predicted molar refractivity (Wildman–Crippen MR) is 101 cm³/mol. The molecule has 0 saturated heterocycles. The number of carbonyl (C=O) groups excluding carboxylic acids is 1. The Kier molecular flexibility index (Phi) is 7.00. The van der Waals surface area contributed by atoms with Gasteiger partial charge in [0.05, 0.1) is 11.4 Å². The number of hydrogen-bond acceptors (Lipinski definition) is 3. The fourth-order valence-corrected chi connectivity index (χ4v) is 3.08. The van der Waals surface area contributed by atoms with Gasteiger partial charge in [0.15, 0.2) is 0 Å². The minimum atomic E-state index is -0.172. The number of carbonyl (C=O) groups is 1. The second kappa shape index (κ2) is 9.00. The molecule has 0 unspecified atom stereocenters. The molecule has 128 valence electrons. The third-order valence-corrected chi connectivity index (χ3v) is 4.62. The lowest BCUT2D eigenvalue weighted by Crippen LogP contribution is -2.30. The number of amides is 1. The van der Waals surface area contributed by atoms with E-state index in [9.17, 15) is 4.79 Å². The molecule has 0 aliphatic carbocycles. The summed E-state index contributed by atoms with van der Waals surface area (Å²) < 4.78 is 5.61. The second-order valence-corrected chi connectivity index (χ2v) is 7.59. The number of benzene rings is 2. The van der Waals surface area contributed by atoms with Gasteiger partial charge in [0.1, 0.15) is 5.75 Å². The molecule has 5 heteroatoms. The van der Waals surface area contributed by atoms with Crippen LogP contribution < -0.4 is 10.1 Å². The lowest BCUT2D eigenvalue weighted by atomic mass is 10.2. The van der Waals surface area contributed by atoms with Crippen LogP contribution in [0.2, 0.25) is 5.02 Å². The number of ether oxygens (including phenoxy) is 1. The second-order valence-electron chi connectivity index (χ2n) is 5.74. The van der Waals surface area contributed by atoms with E-state index in [4.69, 9.17) is 16.3 Å². The molecule has 2 aromatic rings. The molecule has 0 bridgehead atoms. The Balaban J connectivity index is 1.82. The highest BCUT2D eigenvalue weighted by atomic mass is 35.5. The molecule has 0 aliphatic heterocycles. The molecular weight excluding hydrogens is 342 g/mol. The molecular formula is C19H22ClNO2S. The first kappa shape index (κ1) is 18.7. The maximum Gasteiger partial charge on any atom is 0.233 e. The summed E-state index contributed by atoms with van der Waals surface area (Å²) in [7, 11) is 0. The van der Waals surface area contributed by atoms with Gasteiger partial charge in [-0.2, -0.15) is 0 Å². The molecule has 2 aromatic carbocycles. The van der Waals surface area contributed by atoms with Gasteiger partial charge in [0.2, 0.25) is 5.91 Å². The molecule has 0 saturated carbocycles. The SMILES string of the molecule is CC(C)Oc1ccc(CNC(=O)[C@H](C)Sc2ccc(Cl)cc2)cc1. The number of hydrogen-bond donors (Lipinski definition) is 1. The van der Waals surface area contributed by atoms with E-state index in [0.29, 0.717) is 11.6 Å². The van der Waals surface area contributed by atoms with Crippen LogP contribution >= 0.6 is 23.4 Å². The molecule has 1 atom stereocenters. The summed E-state index contributed by atoms with van der Waals surface area (Å²) in [6, 6.07) is 15.3. The van der Waals surface area contributed by atoms with Gasteiger partial charge in [-0.15, -0.1) is 11.8 Å². The van der Waals surface area contributed by atoms with Gasteiger partial charge < -0.3 is 10.1 Å². The highest BCUT2D eigenvalue weighted by molar-refractivity contribution is 8.00. The van der Waals surface area contributed by atoms with Crippen molar-refractivity contribution >= 4 is 29.3 Å². The van der Waals surface area contributed by atoms with Gasteiger partial charge in [-0.1, -0.05) is 23.7 Å². The summed E-state index contributed by atoms with van der Waals surface area (Å²) in [5, 5.41) is 3.49. The smallest absolute Gasteiger partial charge is 0.233 e. The van der Waals surface area contributed by atoms with Crippen LogP contribution in [0, 0.1) is 0 Å². The Hall–Kier alpha value is -1.65. The molecule has 3 nitrogen and oxygen atoms in total. The first-order valence-electron chi connectivity index (χ1n) is 7.89. The van der Waals surface area contributed by atoms with Gasteiger partial charge in [0.25, 0.3) is 0 Å². The Morgan fingerprint density at radius 1 is 1.08 bits per heavy atom. The van der Waals surface area contributed by atoms with Crippen molar-refractivity contribution in [3.05, 3.63) is 59.1 Å². The van der Waals surface area contributed by atoms with Crippen LogP contribution in [0.4, 0.5) is 0 Å². The minimum absolute atomic E-state index is 0.0115. The maximum atomic E-state index is 12.2. The van der Waals surface area contributed by atoms with Crippen LogP contribution in [0.3, 0.4) is 0 Å². The van der Waals surface area contributed by atoms with Crippen LogP contribution in [-0.4, -0.2) is 17.3 Å². The van der Waals surface area contributed by atoms with E-state index in [-0.39, 0.29) is 17.3 Å². The van der Waals surface area contributed by atoms with Crippen molar-refractivity contribution < 1.29 is 9.53 Å². The maximum absolute atomic E-state index is 12.2. The van der Waals surface area contributed by atoms with Crippen LogP contribution in [-0.2, 0) is 11.3 Å². The average Bonchev–Trinajstić information content (AvgIpc) is 2.55. The van der Waals surface area contributed by atoms with E-state index < -0.39 is 0 Å². The average molecular weight is 364 g/mol. The number of thioether (sulfide) groups is 1. The summed E-state index contributed by atoms with van der Waals surface area (Å²) in [6.07, 6.45) is 0.154. The van der Waals surface area contributed by atoms with Crippen molar-refractivity contribution in [2.75, 3.05) is 0 Å². The van der Waals surface area contributed by atoms with E-state index in [1.54, 1.807) is 0 Å². The van der Waals surface area contributed by atoms with E-state index >= 15 is 0 Å². The lowest BCUT2D eigenvalue weighted by Gasteiger charge is -2.13. The largest absolute Gasteiger partial charge is 0.491 e. The van der Waals surface area contributed by atoms with Crippen LogP contribution in [0.1, 0.15) is 26.3 Å². The molecule has 0 aromatic heterocycles. The monoisotopic (exact) mass is 363 g/mol. The molecule has 1 N–H and O–H groups in total.